The molecule has 5 aromatic carbocycles. The van der Waals surface area contributed by atoms with Gasteiger partial charge in [-0.2, -0.15) is 18.3 Å². The molecule has 0 bridgehead atoms. The Balaban J connectivity index is 1.41. The fraction of sp³-hybridized carbons (Fsp3) is 0.0698. The van der Waals surface area contributed by atoms with Gasteiger partial charge in [-0.15, -0.1) is 0 Å². The van der Waals surface area contributed by atoms with Gasteiger partial charge in [-0.1, -0.05) is 48.5 Å². The second-order valence-electron chi connectivity index (χ2n) is 14.3. The molecule has 0 aliphatic carbocycles. The molecule has 1 spiro atoms. The van der Waals surface area contributed by atoms with Crippen molar-refractivity contribution in [3.05, 3.63) is 138 Å². The summed E-state index contributed by atoms with van der Waals surface area (Å²) in [7, 11) is 0. The van der Waals surface area contributed by atoms with Crippen molar-refractivity contribution in [1.29, 1.82) is 0 Å². The number of aromatic nitrogens is 5. The third-order valence-electron chi connectivity index (χ3n) is 12.3. The van der Waals surface area contributed by atoms with E-state index in [2.05, 4.69) is 152 Å². The zero-order valence-electron chi connectivity index (χ0n) is 26.2. The van der Waals surface area contributed by atoms with Crippen LogP contribution in [0.5, 0.6) is 0 Å². The van der Waals surface area contributed by atoms with Crippen LogP contribution in [0.25, 0.3) is 94.1 Å². The summed E-state index contributed by atoms with van der Waals surface area (Å²) in [6.07, 6.45) is 0. The van der Waals surface area contributed by atoms with Gasteiger partial charge in [-0.25, -0.2) is 0 Å². The molecule has 0 saturated carbocycles. The summed E-state index contributed by atoms with van der Waals surface area (Å²) in [6, 6.07) is 43.8. The van der Waals surface area contributed by atoms with Gasteiger partial charge in [0, 0.05) is 21.5 Å². The normalized spacial score (nSPS) is 17.0. The molecule has 5 aromatic heterocycles. The van der Waals surface area contributed by atoms with Gasteiger partial charge in [0.25, 0.3) is 11.3 Å². The molecule has 4 aliphatic heterocycles. The minimum absolute atomic E-state index is 0.609. The van der Waals surface area contributed by atoms with Crippen molar-refractivity contribution >= 4 is 65.7 Å². The number of nitrogens with zero attached hydrogens (tertiary/aromatic N) is 5. The van der Waals surface area contributed by atoms with Crippen molar-refractivity contribution in [3.63, 3.8) is 0 Å². The molecule has 0 radical (unpaired) electrons. The van der Waals surface area contributed by atoms with Crippen LogP contribution in [0.3, 0.4) is 0 Å². The summed E-state index contributed by atoms with van der Waals surface area (Å²) in [6.45, 7) is 4.61. The second kappa shape index (κ2) is 6.90. The Morgan fingerprint density at radius 3 is 1.56 bits per heavy atom. The van der Waals surface area contributed by atoms with Crippen LogP contribution in [-0.2, 0) is 5.66 Å². The first-order valence-electron chi connectivity index (χ1n) is 16.9. The van der Waals surface area contributed by atoms with Crippen molar-refractivity contribution in [1.82, 2.24) is 13.7 Å². The number of hydrogen-bond donors (Lipinski definition) is 0. The first kappa shape index (κ1) is 23.2. The predicted octanol–water partition coefficient (Wildman–Crippen LogP) is 8.39. The van der Waals surface area contributed by atoms with E-state index in [4.69, 9.17) is 0 Å². The Kier molecular flexibility index (Phi) is 3.33. The molecule has 10 aromatic rings. The van der Waals surface area contributed by atoms with Crippen molar-refractivity contribution < 1.29 is 9.13 Å². The van der Waals surface area contributed by atoms with E-state index in [9.17, 15) is 0 Å². The van der Waals surface area contributed by atoms with E-state index in [1.165, 1.54) is 116 Å². The lowest BCUT2D eigenvalue weighted by molar-refractivity contribution is -0.920. The molecular weight excluding hydrogens is 587 g/mol. The number of pyridine rings is 2. The zero-order chi connectivity index (χ0) is 30.9. The fourth-order valence-corrected chi connectivity index (χ4v) is 10.8. The molecule has 9 heterocycles. The van der Waals surface area contributed by atoms with Gasteiger partial charge in [0.2, 0.25) is 0 Å². The highest BCUT2D eigenvalue weighted by Gasteiger charge is 2.68. The third-order valence-corrected chi connectivity index (χ3v) is 12.3. The lowest BCUT2D eigenvalue weighted by Crippen LogP contribution is -2.75. The topological polar surface area (TPSA) is 22.5 Å². The third kappa shape index (κ3) is 1.98. The molecule has 48 heavy (non-hydrogen) atoms. The maximum atomic E-state index is 2.75. The van der Waals surface area contributed by atoms with Gasteiger partial charge in [0.05, 0.1) is 27.5 Å². The highest BCUT2D eigenvalue weighted by Crippen LogP contribution is 2.57. The van der Waals surface area contributed by atoms with Crippen LogP contribution >= 0.6 is 0 Å². The highest BCUT2D eigenvalue weighted by atomic mass is 15.4. The average Bonchev–Trinajstić information content (AvgIpc) is 3.83. The molecule has 0 saturated heterocycles. The first-order chi connectivity index (χ1) is 23.7. The fourth-order valence-electron chi connectivity index (χ4n) is 10.8. The van der Waals surface area contributed by atoms with E-state index >= 15 is 0 Å². The molecule has 14 rings (SSSR count). The molecule has 1 atom stereocenters. The standard InChI is InChI=1S/C43H25N5/c1-22-20-34-35-21-23(2)37-27-12-5-8-15-30(27)46-33-19-18-25-24-10-3-6-13-28(24)44-31-16-9-17-32-38(31)43(39(33)40(25)44,48(35)42(37)46)47(34)41-36(22)26-11-4-7-14-29(26)45(32)41/h3-21H,1-2H3/q+2. The Hall–Kier alpha value is -6.20. The molecule has 1 unspecified atom stereocenters. The zero-order valence-corrected chi connectivity index (χ0v) is 26.2. The number of aryl methyl sites for hydroxylation is 2. The molecular formula is C43H25N5+2. The summed E-state index contributed by atoms with van der Waals surface area (Å²) < 4.78 is 13.2. The van der Waals surface area contributed by atoms with E-state index in [0.29, 0.717) is 0 Å². The molecule has 5 heteroatoms. The van der Waals surface area contributed by atoms with E-state index in [1.54, 1.807) is 0 Å². The number of para-hydroxylation sites is 3. The van der Waals surface area contributed by atoms with Gasteiger partial charge < -0.3 is 4.57 Å². The van der Waals surface area contributed by atoms with E-state index in [-0.39, 0.29) is 0 Å². The maximum Gasteiger partial charge on any atom is 0.319 e. The summed E-state index contributed by atoms with van der Waals surface area (Å²) in [5.74, 6) is 0. The van der Waals surface area contributed by atoms with E-state index in [0.717, 1.165) is 0 Å². The van der Waals surface area contributed by atoms with Gasteiger partial charge in [0.15, 0.2) is 11.4 Å². The van der Waals surface area contributed by atoms with Crippen LogP contribution in [0.2, 0.25) is 0 Å². The SMILES string of the molecule is Cc1cc2[n+]3c4c1c1ccccc1n4-c1cccc4c1C31c3c(ccc5c6ccccc6n-4c35)-n3c4ccccc4c4c(C)cc-2[n+]1c43. The predicted molar refractivity (Wildman–Crippen MR) is 190 cm³/mol. The quantitative estimate of drug-likeness (QED) is 0.154. The van der Waals surface area contributed by atoms with Crippen LogP contribution in [0.15, 0.2) is 115 Å². The van der Waals surface area contributed by atoms with Crippen molar-refractivity contribution in [2.75, 3.05) is 0 Å². The number of fused-ring (bicyclic) bond motifs is 13. The molecule has 0 N–H and O–H groups in total. The molecule has 4 aliphatic rings. The highest BCUT2D eigenvalue weighted by molar-refractivity contribution is 6.16. The Labute approximate surface area is 273 Å². The van der Waals surface area contributed by atoms with Crippen molar-refractivity contribution in [3.8, 4) is 28.5 Å². The summed E-state index contributed by atoms with van der Waals surface area (Å²) >= 11 is 0. The average molecular weight is 612 g/mol. The van der Waals surface area contributed by atoms with Gasteiger partial charge in [-0.05, 0) is 91.7 Å². The minimum Gasteiger partial charge on any atom is -0.308 e. The van der Waals surface area contributed by atoms with Crippen LogP contribution < -0.4 is 9.13 Å². The number of hydrogen-bond acceptors (Lipinski definition) is 0. The number of rotatable bonds is 0. The Bertz CT molecular complexity index is 3290. The van der Waals surface area contributed by atoms with Gasteiger partial charge >= 0.3 is 5.66 Å². The van der Waals surface area contributed by atoms with Crippen molar-refractivity contribution in [2.24, 2.45) is 0 Å². The summed E-state index contributed by atoms with van der Waals surface area (Å²) in [4.78, 5) is 0. The first-order valence-corrected chi connectivity index (χ1v) is 16.9. The minimum atomic E-state index is -0.609. The molecule has 0 amide bonds. The van der Waals surface area contributed by atoms with Gasteiger partial charge in [0.1, 0.15) is 33.5 Å². The maximum absolute atomic E-state index is 2.75. The smallest absolute Gasteiger partial charge is 0.308 e. The van der Waals surface area contributed by atoms with E-state index < -0.39 is 5.66 Å². The van der Waals surface area contributed by atoms with Gasteiger partial charge in [-0.3, -0.25) is 0 Å². The van der Waals surface area contributed by atoms with Crippen molar-refractivity contribution in [2.45, 2.75) is 19.5 Å². The van der Waals surface area contributed by atoms with Crippen LogP contribution in [0.4, 0.5) is 0 Å². The van der Waals surface area contributed by atoms with E-state index in [1.807, 2.05) is 0 Å². The number of benzene rings is 5. The van der Waals surface area contributed by atoms with Crippen LogP contribution in [-0.4, -0.2) is 13.7 Å². The van der Waals surface area contributed by atoms with Crippen LogP contribution in [0, 0.1) is 13.8 Å². The Morgan fingerprint density at radius 2 is 0.958 bits per heavy atom. The van der Waals surface area contributed by atoms with Crippen LogP contribution in [0.1, 0.15) is 22.3 Å². The lowest BCUT2D eigenvalue weighted by atomic mass is 9.81. The molecule has 220 valence electrons. The second-order valence-corrected chi connectivity index (χ2v) is 14.3. The summed E-state index contributed by atoms with van der Waals surface area (Å²) in [5, 5.41) is 7.91. The lowest BCUT2D eigenvalue weighted by Gasteiger charge is -2.39. The largest absolute Gasteiger partial charge is 0.319 e. The molecule has 5 nitrogen and oxygen atoms in total. The molecule has 0 fully saturated rings. The Morgan fingerprint density at radius 1 is 0.458 bits per heavy atom. The summed E-state index contributed by atoms with van der Waals surface area (Å²) in [5.41, 5.74) is 18.7. The monoisotopic (exact) mass is 611 g/mol.